The van der Waals surface area contributed by atoms with Crippen molar-refractivity contribution < 1.29 is 14.3 Å². The second-order valence-electron chi connectivity index (χ2n) is 7.05. The van der Waals surface area contributed by atoms with E-state index in [1.165, 1.54) is 0 Å². The SMILES string of the molecule is COc1ccc(C)cc1NC(=O)c1cnc(Nc2ccccc2OC)c2ccccc12. The molecule has 0 radical (unpaired) electrons. The Labute approximate surface area is 180 Å². The van der Waals surface area contributed by atoms with Crippen LogP contribution in [0.2, 0.25) is 0 Å². The molecule has 4 aromatic rings. The number of amides is 1. The monoisotopic (exact) mass is 413 g/mol. The van der Waals surface area contributed by atoms with Crippen LogP contribution >= 0.6 is 0 Å². The van der Waals surface area contributed by atoms with Gasteiger partial charge in [0.15, 0.2) is 0 Å². The Hall–Kier alpha value is -4.06. The van der Waals surface area contributed by atoms with E-state index < -0.39 is 0 Å². The van der Waals surface area contributed by atoms with Crippen molar-refractivity contribution in [2.75, 3.05) is 24.9 Å². The maximum atomic E-state index is 13.1. The zero-order valence-electron chi connectivity index (χ0n) is 17.6. The van der Waals surface area contributed by atoms with Crippen LogP contribution in [-0.4, -0.2) is 25.1 Å². The third-order valence-corrected chi connectivity index (χ3v) is 5.00. The molecule has 6 heteroatoms. The Bertz CT molecular complexity index is 1250. The number of hydrogen-bond acceptors (Lipinski definition) is 5. The average Bonchev–Trinajstić information content (AvgIpc) is 2.79. The lowest BCUT2D eigenvalue weighted by Crippen LogP contribution is -2.14. The maximum absolute atomic E-state index is 13.1. The molecule has 0 saturated carbocycles. The summed E-state index contributed by atoms with van der Waals surface area (Å²) >= 11 is 0. The van der Waals surface area contributed by atoms with E-state index in [0.717, 1.165) is 22.0 Å². The molecule has 1 aromatic heterocycles. The average molecular weight is 413 g/mol. The van der Waals surface area contributed by atoms with Crippen molar-refractivity contribution in [2.45, 2.75) is 6.92 Å². The number of aryl methyl sites for hydroxylation is 1. The van der Waals surface area contributed by atoms with Crippen molar-refractivity contribution in [1.29, 1.82) is 0 Å². The van der Waals surface area contributed by atoms with Gasteiger partial charge in [-0.1, -0.05) is 42.5 Å². The number of fused-ring (bicyclic) bond motifs is 1. The molecule has 3 aromatic carbocycles. The largest absolute Gasteiger partial charge is 0.495 e. The number of nitrogens with zero attached hydrogens (tertiary/aromatic N) is 1. The molecule has 156 valence electrons. The standard InChI is InChI=1S/C25H23N3O3/c1-16-12-13-23(31-3)21(14-16)28-25(29)19-15-26-24(18-9-5-4-8-17(18)19)27-20-10-6-7-11-22(20)30-2/h4-15H,1-3H3,(H,26,27)(H,28,29). The molecule has 0 aliphatic heterocycles. The Morgan fingerprint density at radius 2 is 1.52 bits per heavy atom. The van der Waals surface area contributed by atoms with Gasteiger partial charge in [-0.2, -0.15) is 0 Å². The second kappa shape index (κ2) is 8.75. The summed E-state index contributed by atoms with van der Waals surface area (Å²) in [6.45, 7) is 1.96. The van der Waals surface area contributed by atoms with Gasteiger partial charge in [-0.05, 0) is 42.1 Å². The fourth-order valence-corrected chi connectivity index (χ4v) is 3.46. The summed E-state index contributed by atoms with van der Waals surface area (Å²) in [5, 5.41) is 7.90. The molecule has 0 atom stereocenters. The summed E-state index contributed by atoms with van der Waals surface area (Å²) in [4.78, 5) is 17.7. The van der Waals surface area contributed by atoms with E-state index in [4.69, 9.17) is 9.47 Å². The fourth-order valence-electron chi connectivity index (χ4n) is 3.46. The summed E-state index contributed by atoms with van der Waals surface area (Å²) in [7, 11) is 3.20. The number of anilines is 3. The van der Waals surface area contributed by atoms with Gasteiger partial charge < -0.3 is 20.1 Å². The van der Waals surface area contributed by atoms with Crippen molar-refractivity contribution in [1.82, 2.24) is 4.98 Å². The molecule has 0 fully saturated rings. The second-order valence-corrected chi connectivity index (χ2v) is 7.05. The van der Waals surface area contributed by atoms with Crippen molar-refractivity contribution in [3.63, 3.8) is 0 Å². The Morgan fingerprint density at radius 3 is 2.29 bits per heavy atom. The van der Waals surface area contributed by atoms with E-state index in [0.29, 0.717) is 28.6 Å². The Balaban J connectivity index is 1.71. The Morgan fingerprint density at radius 1 is 0.839 bits per heavy atom. The van der Waals surface area contributed by atoms with E-state index in [1.807, 2.05) is 73.7 Å². The van der Waals surface area contributed by atoms with Crippen molar-refractivity contribution in [3.8, 4) is 11.5 Å². The highest BCUT2D eigenvalue weighted by atomic mass is 16.5. The minimum atomic E-state index is -0.253. The summed E-state index contributed by atoms with van der Waals surface area (Å²) in [5.74, 6) is 1.70. The van der Waals surface area contributed by atoms with Gasteiger partial charge in [0.05, 0.1) is 31.2 Å². The topological polar surface area (TPSA) is 72.5 Å². The lowest BCUT2D eigenvalue weighted by Gasteiger charge is -2.15. The number of hydrogen-bond donors (Lipinski definition) is 2. The first kappa shape index (κ1) is 20.2. The number of benzene rings is 3. The van der Waals surface area contributed by atoms with E-state index >= 15 is 0 Å². The molecule has 31 heavy (non-hydrogen) atoms. The van der Waals surface area contributed by atoms with Gasteiger partial charge in [0, 0.05) is 11.6 Å². The number of pyridine rings is 1. The third-order valence-electron chi connectivity index (χ3n) is 5.00. The number of para-hydroxylation sites is 2. The molecular formula is C25H23N3O3. The molecule has 1 amide bonds. The predicted molar refractivity (Wildman–Crippen MR) is 124 cm³/mol. The van der Waals surface area contributed by atoms with Crippen molar-refractivity contribution in [2.24, 2.45) is 0 Å². The number of carbonyl (C=O) groups is 1. The van der Waals surface area contributed by atoms with Gasteiger partial charge >= 0.3 is 0 Å². The first-order valence-electron chi connectivity index (χ1n) is 9.84. The minimum absolute atomic E-state index is 0.253. The van der Waals surface area contributed by atoms with Crippen LogP contribution in [0.4, 0.5) is 17.2 Å². The lowest BCUT2D eigenvalue weighted by atomic mass is 10.1. The minimum Gasteiger partial charge on any atom is -0.495 e. The highest BCUT2D eigenvalue weighted by Gasteiger charge is 2.16. The van der Waals surface area contributed by atoms with Crippen LogP contribution in [0.15, 0.2) is 72.9 Å². The number of methoxy groups -OCH3 is 2. The van der Waals surface area contributed by atoms with Gasteiger partial charge in [0.2, 0.25) is 0 Å². The number of ether oxygens (including phenoxy) is 2. The van der Waals surface area contributed by atoms with Crippen LogP contribution in [0, 0.1) is 6.92 Å². The highest BCUT2D eigenvalue weighted by Crippen LogP contribution is 2.32. The summed E-state index contributed by atoms with van der Waals surface area (Å²) < 4.78 is 10.8. The highest BCUT2D eigenvalue weighted by molar-refractivity contribution is 6.14. The zero-order valence-corrected chi connectivity index (χ0v) is 17.6. The molecule has 2 N–H and O–H groups in total. The first-order valence-corrected chi connectivity index (χ1v) is 9.84. The molecular weight excluding hydrogens is 390 g/mol. The number of carbonyl (C=O) groups excluding carboxylic acids is 1. The van der Waals surface area contributed by atoms with Crippen LogP contribution in [0.5, 0.6) is 11.5 Å². The molecule has 0 aliphatic carbocycles. The lowest BCUT2D eigenvalue weighted by molar-refractivity contribution is 0.102. The molecule has 0 spiro atoms. The van der Waals surface area contributed by atoms with E-state index in [-0.39, 0.29) is 5.91 Å². The number of nitrogens with one attached hydrogen (secondary N) is 2. The molecule has 0 unspecified atom stereocenters. The van der Waals surface area contributed by atoms with Crippen LogP contribution in [0.1, 0.15) is 15.9 Å². The Kier molecular flexibility index (Phi) is 5.71. The van der Waals surface area contributed by atoms with E-state index in [1.54, 1.807) is 20.4 Å². The van der Waals surface area contributed by atoms with Gasteiger partial charge in [-0.25, -0.2) is 4.98 Å². The molecule has 1 heterocycles. The predicted octanol–water partition coefficient (Wildman–Crippen LogP) is 5.56. The number of aromatic nitrogens is 1. The normalized spacial score (nSPS) is 10.5. The quantitative estimate of drug-likeness (QED) is 0.433. The van der Waals surface area contributed by atoms with Gasteiger partial charge in [0.1, 0.15) is 17.3 Å². The maximum Gasteiger partial charge on any atom is 0.257 e. The summed E-state index contributed by atoms with van der Waals surface area (Å²) in [6.07, 6.45) is 1.58. The van der Waals surface area contributed by atoms with Gasteiger partial charge in [-0.15, -0.1) is 0 Å². The van der Waals surface area contributed by atoms with E-state index in [2.05, 4.69) is 15.6 Å². The van der Waals surface area contributed by atoms with Crippen LogP contribution in [0.3, 0.4) is 0 Å². The molecule has 0 bridgehead atoms. The zero-order chi connectivity index (χ0) is 21.8. The van der Waals surface area contributed by atoms with Gasteiger partial charge in [0.25, 0.3) is 5.91 Å². The molecule has 6 nitrogen and oxygen atoms in total. The van der Waals surface area contributed by atoms with E-state index in [9.17, 15) is 4.79 Å². The third kappa shape index (κ3) is 4.14. The van der Waals surface area contributed by atoms with Crippen molar-refractivity contribution >= 4 is 33.9 Å². The van der Waals surface area contributed by atoms with Crippen LogP contribution in [0.25, 0.3) is 10.8 Å². The van der Waals surface area contributed by atoms with Crippen LogP contribution < -0.4 is 20.1 Å². The molecule has 4 rings (SSSR count). The van der Waals surface area contributed by atoms with Gasteiger partial charge in [-0.3, -0.25) is 4.79 Å². The van der Waals surface area contributed by atoms with Crippen LogP contribution in [-0.2, 0) is 0 Å². The van der Waals surface area contributed by atoms with Crippen molar-refractivity contribution in [3.05, 3.63) is 84.1 Å². The fraction of sp³-hybridized carbons (Fsp3) is 0.120. The smallest absolute Gasteiger partial charge is 0.257 e. The first-order chi connectivity index (χ1) is 15.1. The summed E-state index contributed by atoms with van der Waals surface area (Å²) in [6, 6.07) is 20.9. The number of rotatable bonds is 6. The molecule has 0 saturated heterocycles. The molecule has 0 aliphatic rings. The summed E-state index contributed by atoms with van der Waals surface area (Å²) in [5.41, 5.74) is 2.91.